The summed E-state index contributed by atoms with van der Waals surface area (Å²) in [6, 6.07) is 3.97. The van der Waals surface area contributed by atoms with Gasteiger partial charge >= 0.3 is 17.9 Å². The van der Waals surface area contributed by atoms with Crippen LogP contribution in [0.2, 0.25) is 0 Å². The van der Waals surface area contributed by atoms with Crippen molar-refractivity contribution in [3.8, 4) is 5.75 Å². The Kier molecular flexibility index (Phi) is 7.52. The highest BCUT2D eigenvalue weighted by atomic mass is 16.7. The number of carboxylic acid groups (broad SMARTS) is 1. The molecular weight excluding hydrogens is 400 g/mol. The first kappa shape index (κ1) is 23.3. The van der Waals surface area contributed by atoms with E-state index in [0.29, 0.717) is 5.56 Å². The van der Waals surface area contributed by atoms with Crippen LogP contribution in [0.5, 0.6) is 5.75 Å². The molecule has 10 nitrogen and oxygen atoms in total. The molecule has 0 amide bonds. The summed E-state index contributed by atoms with van der Waals surface area (Å²) in [5.74, 6) is -3.87. The molecule has 10 heteroatoms. The second-order valence-electron chi connectivity index (χ2n) is 6.95. The van der Waals surface area contributed by atoms with Crippen LogP contribution in [0.3, 0.4) is 0 Å². The lowest BCUT2D eigenvalue weighted by atomic mass is 9.88. The number of benzene rings is 1. The number of Topliss-reactive ketones (excluding diaryl/α,β-unsaturated/α-hetero) is 1. The number of aliphatic hydroxyl groups excluding tert-OH is 1. The Bertz CT molecular complexity index is 833. The van der Waals surface area contributed by atoms with Crippen molar-refractivity contribution < 1.29 is 48.3 Å². The summed E-state index contributed by atoms with van der Waals surface area (Å²) >= 11 is 0. The highest BCUT2D eigenvalue weighted by molar-refractivity contribution is 5.91. The van der Waals surface area contributed by atoms with Crippen molar-refractivity contribution in [2.45, 2.75) is 58.9 Å². The zero-order chi connectivity index (χ0) is 22.6. The minimum atomic E-state index is -1.43. The van der Waals surface area contributed by atoms with E-state index in [1.165, 1.54) is 32.0 Å². The predicted octanol–water partition coefficient (Wildman–Crippen LogP) is 1.07. The molecule has 0 aromatic heterocycles. The number of rotatable bonds is 7. The van der Waals surface area contributed by atoms with Gasteiger partial charge in [-0.1, -0.05) is 13.0 Å². The third kappa shape index (κ3) is 5.33. The quantitative estimate of drug-likeness (QED) is 0.609. The van der Waals surface area contributed by atoms with E-state index in [1.54, 1.807) is 6.92 Å². The van der Waals surface area contributed by atoms with Crippen molar-refractivity contribution in [3.63, 3.8) is 0 Å². The molecule has 0 radical (unpaired) electrons. The zero-order valence-electron chi connectivity index (χ0n) is 17.0. The average Bonchev–Trinajstić information content (AvgIpc) is 2.65. The van der Waals surface area contributed by atoms with E-state index in [2.05, 4.69) is 0 Å². The second-order valence-corrected chi connectivity index (χ2v) is 6.95. The number of hydrogen-bond acceptors (Lipinski definition) is 9. The maximum absolute atomic E-state index is 12.1. The summed E-state index contributed by atoms with van der Waals surface area (Å²) in [6.45, 7) is 4.82. The molecule has 1 aliphatic heterocycles. The number of aliphatic hydroxyl groups is 1. The van der Waals surface area contributed by atoms with Crippen molar-refractivity contribution in [3.05, 3.63) is 29.3 Å². The van der Waals surface area contributed by atoms with E-state index in [1.807, 2.05) is 0 Å². The third-order valence-electron chi connectivity index (χ3n) is 4.57. The van der Waals surface area contributed by atoms with Crippen LogP contribution in [-0.2, 0) is 35.2 Å². The Hall–Kier alpha value is -2.98. The van der Waals surface area contributed by atoms with Crippen molar-refractivity contribution >= 4 is 23.7 Å². The van der Waals surface area contributed by atoms with Crippen molar-refractivity contribution in [1.29, 1.82) is 0 Å². The molecule has 5 atom stereocenters. The van der Waals surface area contributed by atoms with Crippen molar-refractivity contribution in [2.24, 2.45) is 5.92 Å². The Labute approximate surface area is 172 Å². The van der Waals surface area contributed by atoms with E-state index in [0.717, 1.165) is 6.92 Å². The number of ketones is 1. The maximum atomic E-state index is 12.1. The molecule has 0 aliphatic carbocycles. The van der Waals surface area contributed by atoms with E-state index < -0.39 is 48.4 Å². The second kappa shape index (κ2) is 9.68. The van der Waals surface area contributed by atoms with Crippen LogP contribution in [0.25, 0.3) is 0 Å². The number of carbonyl (C=O) groups is 4. The number of aromatic carboxylic acids is 1. The predicted molar refractivity (Wildman–Crippen MR) is 99.6 cm³/mol. The van der Waals surface area contributed by atoms with Crippen LogP contribution < -0.4 is 4.74 Å². The van der Waals surface area contributed by atoms with Gasteiger partial charge in [-0.3, -0.25) is 14.4 Å². The summed E-state index contributed by atoms with van der Waals surface area (Å²) in [5, 5.41) is 18.7. The Morgan fingerprint density at radius 3 is 2.13 bits per heavy atom. The van der Waals surface area contributed by atoms with Crippen LogP contribution in [0.1, 0.15) is 43.6 Å². The molecule has 1 aromatic rings. The van der Waals surface area contributed by atoms with Crippen LogP contribution >= 0.6 is 0 Å². The zero-order valence-corrected chi connectivity index (χ0v) is 17.0. The van der Waals surface area contributed by atoms with Gasteiger partial charge in [0.25, 0.3) is 0 Å². The molecule has 30 heavy (non-hydrogen) atoms. The molecule has 1 heterocycles. The topological polar surface area (TPSA) is 146 Å². The van der Waals surface area contributed by atoms with Crippen LogP contribution in [-0.4, -0.2) is 58.5 Å². The fourth-order valence-corrected chi connectivity index (χ4v) is 3.28. The largest absolute Gasteiger partial charge is 0.478 e. The minimum absolute atomic E-state index is 0.139. The molecule has 0 spiro atoms. The first-order chi connectivity index (χ1) is 14.0. The van der Waals surface area contributed by atoms with E-state index in [4.69, 9.17) is 18.9 Å². The molecule has 1 fully saturated rings. The number of carboxylic acids is 1. The van der Waals surface area contributed by atoms with Crippen molar-refractivity contribution in [1.82, 2.24) is 0 Å². The smallest absolute Gasteiger partial charge is 0.339 e. The van der Waals surface area contributed by atoms with Crippen molar-refractivity contribution in [2.75, 3.05) is 0 Å². The summed E-state index contributed by atoms with van der Waals surface area (Å²) in [4.78, 5) is 47.0. The van der Waals surface area contributed by atoms with E-state index in [-0.39, 0.29) is 23.7 Å². The number of ether oxygens (including phenoxy) is 4. The monoisotopic (exact) mass is 424 g/mol. The normalized spacial score (nSPS) is 25.8. The van der Waals surface area contributed by atoms with Gasteiger partial charge in [-0.25, -0.2) is 4.79 Å². The molecule has 0 unspecified atom stereocenters. The molecule has 2 N–H and O–H groups in total. The van der Waals surface area contributed by atoms with Gasteiger partial charge in [0.2, 0.25) is 12.4 Å². The van der Waals surface area contributed by atoms with Gasteiger partial charge in [-0.15, -0.1) is 0 Å². The van der Waals surface area contributed by atoms with Gasteiger partial charge in [0.05, 0.1) is 6.61 Å². The lowest BCUT2D eigenvalue weighted by Crippen LogP contribution is -2.59. The van der Waals surface area contributed by atoms with E-state index in [9.17, 15) is 29.4 Å². The summed E-state index contributed by atoms with van der Waals surface area (Å²) in [7, 11) is 0. The molecule has 164 valence electrons. The summed E-state index contributed by atoms with van der Waals surface area (Å²) in [6.07, 6.45) is -4.79. The van der Waals surface area contributed by atoms with Crippen LogP contribution in [0, 0.1) is 5.92 Å². The average molecular weight is 424 g/mol. The van der Waals surface area contributed by atoms with Crippen LogP contribution in [0.15, 0.2) is 18.2 Å². The number of hydrogen-bond donors (Lipinski definition) is 2. The Morgan fingerprint density at radius 2 is 1.63 bits per heavy atom. The lowest BCUT2D eigenvalue weighted by molar-refractivity contribution is -0.261. The molecule has 0 saturated carbocycles. The highest BCUT2D eigenvalue weighted by Crippen LogP contribution is 2.33. The summed E-state index contributed by atoms with van der Waals surface area (Å²) < 4.78 is 22.0. The SMILES string of the molecule is CC(=O)O[C@H]1[C@H](Oc2ccc(CO)cc2C(=O)O)O[C@H](C(C)=O)[C@@H](C)[C@@H]1OC(C)=O. The molecule has 1 saturated heterocycles. The standard InChI is InChI=1S/C20H24O10/c1-9-16(10(2)22)30-20(18(28-12(4)24)17(9)27-11(3)23)29-15-6-5-13(8-21)7-14(15)19(25)26/h5-7,9,16-18,20-21H,8H2,1-4H3,(H,25,26)/t9-,16+,17+,18-,20-/m1/s1. The van der Waals surface area contributed by atoms with Gasteiger partial charge in [-0.2, -0.15) is 0 Å². The Morgan fingerprint density at radius 1 is 1.03 bits per heavy atom. The molecule has 0 bridgehead atoms. The van der Waals surface area contributed by atoms with Gasteiger partial charge in [0.15, 0.2) is 11.9 Å². The van der Waals surface area contributed by atoms with E-state index >= 15 is 0 Å². The van der Waals surface area contributed by atoms with Gasteiger partial charge < -0.3 is 29.2 Å². The highest BCUT2D eigenvalue weighted by Gasteiger charge is 2.50. The fourth-order valence-electron chi connectivity index (χ4n) is 3.28. The molecule has 2 rings (SSSR count). The number of carbonyl (C=O) groups excluding carboxylic acids is 3. The number of esters is 2. The summed E-state index contributed by atoms with van der Waals surface area (Å²) in [5.41, 5.74) is 0.0719. The third-order valence-corrected chi connectivity index (χ3v) is 4.57. The molecular formula is C20H24O10. The van der Waals surface area contributed by atoms with Gasteiger partial charge in [0, 0.05) is 19.8 Å². The Balaban J connectivity index is 2.47. The first-order valence-corrected chi connectivity index (χ1v) is 9.19. The minimum Gasteiger partial charge on any atom is -0.478 e. The molecule has 1 aromatic carbocycles. The van der Waals surface area contributed by atoms with Crippen LogP contribution in [0.4, 0.5) is 0 Å². The first-order valence-electron chi connectivity index (χ1n) is 9.19. The maximum Gasteiger partial charge on any atom is 0.339 e. The molecule has 1 aliphatic rings. The van der Waals surface area contributed by atoms with Gasteiger partial charge in [-0.05, 0) is 24.6 Å². The van der Waals surface area contributed by atoms with Gasteiger partial charge in [0.1, 0.15) is 17.4 Å². The lowest BCUT2D eigenvalue weighted by Gasteiger charge is -2.43. The fraction of sp³-hybridized carbons (Fsp3) is 0.500.